The summed E-state index contributed by atoms with van der Waals surface area (Å²) in [6.45, 7) is 3.23. The van der Waals surface area contributed by atoms with Crippen molar-refractivity contribution in [1.29, 1.82) is 0 Å². The van der Waals surface area contributed by atoms with Gasteiger partial charge in [-0.05, 0) is 99.2 Å². The monoisotopic (exact) mass is 745 g/mol. The fourth-order valence-corrected chi connectivity index (χ4v) is 6.87. The Morgan fingerprint density at radius 3 is 2.43 bits per heavy atom. The van der Waals surface area contributed by atoms with E-state index < -0.39 is 0 Å². The number of anilines is 1. The molecule has 1 atom stereocenters. The Balaban J connectivity index is 0.000000135. The zero-order valence-electron chi connectivity index (χ0n) is 23.9. The number of fused-ring (bicyclic) bond motifs is 14. The second kappa shape index (κ2) is 10.5. The zero-order chi connectivity index (χ0) is 28.5. The van der Waals surface area contributed by atoms with Crippen LogP contribution in [0.5, 0.6) is 0 Å². The minimum absolute atomic E-state index is 0. The first-order chi connectivity index (χ1) is 21.2. The summed E-state index contributed by atoms with van der Waals surface area (Å²) in [6.07, 6.45) is 6.72. The van der Waals surface area contributed by atoms with E-state index in [1.807, 2.05) is 24.7 Å². The number of hydrogen-bond donors (Lipinski definition) is 0. The van der Waals surface area contributed by atoms with Gasteiger partial charge in [-0.15, -0.1) is 11.3 Å². The minimum atomic E-state index is 0. The Morgan fingerprint density at radius 1 is 0.795 bits per heavy atom. The normalized spacial score (nSPS) is 15.6. The molecule has 0 saturated carbocycles. The summed E-state index contributed by atoms with van der Waals surface area (Å²) in [5.41, 5.74) is 8.25. The van der Waals surface area contributed by atoms with Gasteiger partial charge in [-0.1, -0.05) is 66.4 Å². The van der Waals surface area contributed by atoms with Gasteiger partial charge in [-0.2, -0.15) is 30.9 Å². The molecule has 1 unspecified atom stereocenters. The SMILES string of the molecule is CN1[CH-]N2c3[c-]cccc3-c3ccccc3C2C1.[Ir+3].[c-]1ncn2c1c1ncccc1c1cc3cc4ccccc4cc3cc12. The van der Waals surface area contributed by atoms with Crippen LogP contribution >= 0.6 is 0 Å². The fraction of sp³-hybridized carbons (Fsp3) is 0.0789. The maximum atomic E-state index is 4.57. The van der Waals surface area contributed by atoms with Crippen LogP contribution in [-0.4, -0.2) is 32.9 Å². The largest absolute Gasteiger partial charge is 3.00 e. The molecule has 212 valence electrons. The second-order valence-electron chi connectivity index (χ2n) is 11.4. The van der Waals surface area contributed by atoms with Crippen LogP contribution in [0.1, 0.15) is 11.6 Å². The molecule has 5 heterocycles. The number of imidazole rings is 1. The van der Waals surface area contributed by atoms with Gasteiger partial charge in [0.15, 0.2) is 0 Å². The summed E-state index contributed by atoms with van der Waals surface area (Å²) in [7, 11) is 2.13. The van der Waals surface area contributed by atoms with Gasteiger partial charge in [-0.25, -0.2) is 0 Å². The number of hydrogen-bond acceptors (Lipinski definition) is 4. The van der Waals surface area contributed by atoms with Crippen molar-refractivity contribution in [3.63, 3.8) is 0 Å². The first kappa shape index (κ1) is 27.0. The molecular weight excluding hydrogens is 719 g/mol. The van der Waals surface area contributed by atoms with E-state index in [1.54, 1.807) is 0 Å². The van der Waals surface area contributed by atoms with Crippen LogP contribution in [-0.2, 0) is 20.1 Å². The Bertz CT molecular complexity index is 2310. The van der Waals surface area contributed by atoms with Crippen molar-refractivity contribution < 1.29 is 20.1 Å². The van der Waals surface area contributed by atoms with Crippen LogP contribution in [0.15, 0.2) is 116 Å². The Morgan fingerprint density at radius 2 is 1.57 bits per heavy atom. The molecule has 0 bridgehead atoms. The minimum Gasteiger partial charge on any atom is -0.521 e. The molecule has 3 aromatic heterocycles. The van der Waals surface area contributed by atoms with Crippen molar-refractivity contribution >= 4 is 54.6 Å². The van der Waals surface area contributed by atoms with Crippen LogP contribution in [0.2, 0.25) is 0 Å². The first-order valence-corrected chi connectivity index (χ1v) is 14.5. The topological polar surface area (TPSA) is 36.7 Å². The van der Waals surface area contributed by atoms with E-state index in [4.69, 9.17) is 0 Å². The molecule has 0 N–H and O–H groups in total. The number of benzene rings is 5. The maximum absolute atomic E-state index is 4.57. The van der Waals surface area contributed by atoms with E-state index in [9.17, 15) is 0 Å². The van der Waals surface area contributed by atoms with Crippen LogP contribution in [0.3, 0.4) is 0 Å². The predicted octanol–water partition coefficient (Wildman–Crippen LogP) is 8.22. The molecule has 1 saturated heterocycles. The molecule has 44 heavy (non-hydrogen) atoms. The summed E-state index contributed by atoms with van der Waals surface area (Å²) >= 11 is 0. The van der Waals surface area contributed by atoms with Gasteiger partial charge in [0.2, 0.25) is 0 Å². The second-order valence-corrected chi connectivity index (χ2v) is 11.4. The van der Waals surface area contributed by atoms with Gasteiger partial charge in [0.1, 0.15) is 0 Å². The average Bonchev–Trinajstić information content (AvgIpc) is 3.71. The van der Waals surface area contributed by atoms with Gasteiger partial charge in [-0.3, -0.25) is 0 Å². The van der Waals surface area contributed by atoms with E-state index in [2.05, 4.69) is 141 Å². The zero-order valence-corrected chi connectivity index (χ0v) is 26.3. The standard InChI is InChI=1S/C22H12N3.C16H14N2.Ir/c1-2-5-15-9-17-11-20-19(10-16(17)8-14(15)4-1)18-6-3-7-24-22(18)21-12-23-13-25(20)21;1-17-10-16-14-8-3-2-6-12(14)13-7-4-5-9-15(13)18(16)11-17;/h1-11,13H;2-8,11,16H,10H2,1H3;/q-1;-2;+3. The van der Waals surface area contributed by atoms with E-state index in [-0.39, 0.29) is 20.1 Å². The summed E-state index contributed by atoms with van der Waals surface area (Å²) in [6, 6.07) is 40.4. The number of rotatable bonds is 0. The van der Waals surface area contributed by atoms with Crippen molar-refractivity contribution in [3.8, 4) is 11.1 Å². The van der Waals surface area contributed by atoms with Crippen molar-refractivity contribution in [2.75, 3.05) is 18.5 Å². The van der Waals surface area contributed by atoms with Gasteiger partial charge in [0.25, 0.3) is 0 Å². The molecule has 0 amide bonds. The molecule has 10 rings (SSSR count). The molecule has 0 aliphatic carbocycles. The van der Waals surface area contributed by atoms with Crippen LogP contribution < -0.4 is 4.90 Å². The summed E-state index contributed by atoms with van der Waals surface area (Å²) in [4.78, 5) is 13.4. The molecule has 5 nitrogen and oxygen atoms in total. The summed E-state index contributed by atoms with van der Waals surface area (Å²) in [5, 5.41) is 7.30. The Labute approximate surface area is 268 Å². The predicted molar refractivity (Wildman–Crippen MR) is 175 cm³/mol. The van der Waals surface area contributed by atoms with Crippen molar-refractivity contribution in [2.45, 2.75) is 6.04 Å². The Kier molecular flexibility index (Phi) is 6.46. The quantitative estimate of drug-likeness (QED) is 0.0892. The van der Waals surface area contributed by atoms with Crippen LogP contribution in [0.4, 0.5) is 5.69 Å². The number of likely N-dealkylation sites (N-methyl/N-ethyl adjacent to an activating group) is 1. The smallest absolute Gasteiger partial charge is 0.521 e. The third kappa shape index (κ3) is 4.14. The number of nitrogens with zero attached hydrogens (tertiary/aromatic N) is 5. The molecule has 2 aliphatic rings. The van der Waals surface area contributed by atoms with Crippen LogP contribution in [0, 0.1) is 18.9 Å². The number of aromatic nitrogens is 3. The molecule has 0 spiro atoms. The molecular formula is C38H26IrN5. The molecule has 1 fully saturated rings. The molecule has 0 radical (unpaired) electrons. The van der Waals surface area contributed by atoms with Gasteiger partial charge >= 0.3 is 20.1 Å². The first-order valence-electron chi connectivity index (χ1n) is 14.5. The van der Waals surface area contributed by atoms with E-state index in [0.717, 1.165) is 28.5 Å². The maximum Gasteiger partial charge on any atom is 3.00 e. The van der Waals surface area contributed by atoms with E-state index >= 15 is 0 Å². The van der Waals surface area contributed by atoms with Crippen molar-refractivity contribution in [1.82, 2.24) is 19.3 Å². The van der Waals surface area contributed by atoms with Crippen molar-refractivity contribution in [2.24, 2.45) is 0 Å². The molecule has 2 aliphatic heterocycles. The fourth-order valence-electron chi connectivity index (χ4n) is 6.87. The van der Waals surface area contributed by atoms with Gasteiger partial charge in [0, 0.05) is 17.8 Å². The Hall–Kier alpha value is -4.61. The molecule has 5 aromatic carbocycles. The third-order valence-corrected chi connectivity index (χ3v) is 8.81. The van der Waals surface area contributed by atoms with Gasteiger partial charge < -0.3 is 24.2 Å². The third-order valence-electron chi connectivity index (χ3n) is 8.81. The summed E-state index contributed by atoms with van der Waals surface area (Å²) in [5.74, 6) is 0. The molecule has 8 aromatic rings. The van der Waals surface area contributed by atoms with Crippen molar-refractivity contribution in [3.05, 3.63) is 140 Å². The number of pyridine rings is 2. The molecule has 6 heteroatoms. The van der Waals surface area contributed by atoms with Crippen LogP contribution in [0.25, 0.3) is 60.0 Å². The van der Waals surface area contributed by atoms with E-state index in [0.29, 0.717) is 6.04 Å². The number of para-hydroxylation sites is 1. The average molecular weight is 745 g/mol. The summed E-state index contributed by atoms with van der Waals surface area (Å²) < 4.78 is 2.08. The van der Waals surface area contributed by atoms with E-state index in [1.165, 1.54) is 49.3 Å². The van der Waals surface area contributed by atoms with Gasteiger partial charge in [0.05, 0.1) is 0 Å².